The summed E-state index contributed by atoms with van der Waals surface area (Å²) in [6, 6.07) is 20.5. The van der Waals surface area contributed by atoms with Crippen molar-refractivity contribution in [2.24, 2.45) is 0 Å². The molecule has 1 heterocycles. The van der Waals surface area contributed by atoms with Crippen LogP contribution in [0.15, 0.2) is 66.7 Å². The van der Waals surface area contributed by atoms with Crippen LogP contribution in [0.4, 0.5) is 0 Å². The first-order valence-electron chi connectivity index (χ1n) is 12.0. The van der Waals surface area contributed by atoms with Gasteiger partial charge in [0.1, 0.15) is 11.9 Å². The molecule has 3 aromatic rings. The number of piperidine rings is 1. The van der Waals surface area contributed by atoms with E-state index in [2.05, 4.69) is 10.2 Å². The van der Waals surface area contributed by atoms with Crippen molar-refractivity contribution in [1.82, 2.24) is 10.2 Å². The zero-order valence-corrected chi connectivity index (χ0v) is 22.8. The number of rotatable bonds is 9. The van der Waals surface area contributed by atoms with E-state index in [1.807, 2.05) is 42.5 Å². The summed E-state index contributed by atoms with van der Waals surface area (Å²) < 4.78 is 6.13. The molecule has 8 heteroatoms. The summed E-state index contributed by atoms with van der Waals surface area (Å²) in [6.07, 6.45) is 3.06. The number of nitrogens with one attached hydrogen (secondary N) is 1. The molecule has 1 fully saturated rings. The van der Waals surface area contributed by atoms with Gasteiger partial charge in [-0.05, 0) is 73.8 Å². The molecule has 0 radical (unpaired) electrons. The number of amides is 1. The van der Waals surface area contributed by atoms with Crippen LogP contribution in [0.2, 0.25) is 20.1 Å². The van der Waals surface area contributed by atoms with Gasteiger partial charge >= 0.3 is 0 Å². The third-order valence-electron chi connectivity index (χ3n) is 6.47. The van der Waals surface area contributed by atoms with E-state index in [-0.39, 0.29) is 17.9 Å². The molecule has 1 saturated heterocycles. The topological polar surface area (TPSA) is 41.6 Å². The quantitative estimate of drug-likeness (QED) is 0.288. The summed E-state index contributed by atoms with van der Waals surface area (Å²) in [7, 11) is 0. The van der Waals surface area contributed by atoms with Crippen LogP contribution in [0.5, 0.6) is 5.75 Å². The van der Waals surface area contributed by atoms with Gasteiger partial charge in [-0.25, -0.2) is 0 Å². The van der Waals surface area contributed by atoms with Crippen molar-refractivity contribution >= 4 is 52.3 Å². The fourth-order valence-corrected chi connectivity index (χ4v) is 5.22. The summed E-state index contributed by atoms with van der Waals surface area (Å²) >= 11 is 24.7. The van der Waals surface area contributed by atoms with Crippen LogP contribution in [0.25, 0.3) is 0 Å². The van der Waals surface area contributed by atoms with Gasteiger partial charge in [0.25, 0.3) is 5.91 Å². The van der Waals surface area contributed by atoms with Crippen molar-refractivity contribution in [3.63, 3.8) is 0 Å². The summed E-state index contributed by atoms with van der Waals surface area (Å²) in [4.78, 5) is 15.3. The Hall–Kier alpha value is -1.95. The second-order valence-electron chi connectivity index (χ2n) is 8.97. The van der Waals surface area contributed by atoms with Crippen LogP contribution in [0.1, 0.15) is 41.1 Å². The molecule has 1 aliphatic rings. The van der Waals surface area contributed by atoms with Gasteiger partial charge in [0.2, 0.25) is 0 Å². The number of para-hydroxylation sites is 1. The molecular formula is C28H28Cl4N2O2. The molecular weight excluding hydrogens is 538 g/mol. The van der Waals surface area contributed by atoms with Crippen molar-refractivity contribution in [3.8, 4) is 5.75 Å². The van der Waals surface area contributed by atoms with E-state index in [0.29, 0.717) is 32.2 Å². The Morgan fingerprint density at radius 3 is 2.36 bits per heavy atom. The molecule has 0 aromatic heterocycles. The highest BCUT2D eigenvalue weighted by Gasteiger charge is 2.23. The van der Waals surface area contributed by atoms with Gasteiger partial charge in [0, 0.05) is 30.6 Å². The molecule has 1 N–H and O–H groups in total. The lowest BCUT2D eigenvalue weighted by atomic mass is 9.94. The van der Waals surface area contributed by atoms with E-state index < -0.39 is 0 Å². The smallest absolute Gasteiger partial charge is 0.252 e. The second kappa shape index (κ2) is 13.0. The first kappa shape index (κ1) is 27.1. The van der Waals surface area contributed by atoms with Crippen molar-refractivity contribution < 1.29 is 9.53 Å². The van der Waals surface area contributed by atoms with Crippen LogP contribution in [-0.4, -0.2) is 43.1 Å². The number of hydrogen-bond acceptors (Lipinski definition) is 3. The molecule has 0 aliphatic carbocycles. The number of ether oxygens (including phenoxy) is 1. The lowest BCUT2D eigenvalue weighted by Gasteiger charge is -2.33. The van der Waals surface area contributed by atoms with E-state index in [1.165, 1.54) is 0 Å². The van der Waals surface area contributed by atoms with Crippen molar-refractivity contribution in [3.05, 3.63) is 97.9 Å². The van der Waals surface area contributed by atoms with E-state index in [0.717, 1.165) is 50.2 Å². The van der Waals surface area contributed by atoms with Crippen LogP contribution >= 0.6 is 46.4 Å². The SMILES string of the molecule is O=C(NCC(CCN1CCC(Oc2ccccc2)CC1)c1ccc(Cl)c(Cl)c1)c1ccc(Cl)cc1Cl. The van der Waals surface area contributed by atoms with Gasteiger partial charge in [-0.2, -0.15) is 0 Å². The monoisotopic (exact) mass is 564 g/mol. The maximum atomic E-state index is 12.8. The second-order valence-corrected chi connectivity index (χ2v) is 10.6. The molecule has 4 nitrogen and oxygen atoms in total. The first-order chi connectivity index (χ1) is 17.4. The molecule has 0 spiro atoms. The predicted molar refractivity (Wildman–Crippen MR) is 149 cm³/mol. The van der Waals surface area contributed by atoms with Gasteiger partial charge in [-0.3, -0.25) is 4.79 Å². The van der Waals surface area contributed by atoms with Crippen molar-refractivity contribution in [1.29, 1.82) is 0 Å². The van der Waals surface area contributed by atoms with Crippen LogP contribution in [0, 0.1) is 0 Å². The van der Waals surface area contributed by atoms with Crippen molar-refractivity contribution in [2.75, 3.05) is 26.2 Å². The van der Waals surface area contributed by atoms with Gasteiger partial charge in [0.15, 0.2) is 0 Å². The van der Waals surface area contributed by atoms with Crippen LogP contribution < -0.4 is 10.1 Å². The Balaban J connectivity index is 1.35. The minimum atomic E-state index is -0.236. The molecule has 190 valence electrons. The summed E-state index contributed by atoms with van der Waals surface area (Å²) in [6.45, 7) is 3.29. The standard InChI is InChI=1S/C28H28Cl4N2O2/c29-21-7-8-24(26(31)17-21)28(35)33-18-20(19-6-9-25(30)27(32)16-19)10-13-34-14-11-23(12-15-34)36-22-4-2-1-3-5-22/h1-9,16-17,20,23H,10-15,18H2,(H,33,35). The zero-order chi connectivity index (χ0) is 25.5. The maximum Gasteiger partial charge on any atom is 0.252 e. The minimum Gasteiger partial charge on any atom is -0.490 e. The van der Waals surface area contributed by atoms with E-state index in [4.69, 9.17) is 51.1 Å². The van der Waals surface area contributed by atoms with Crippen molar-refractivity contribution in [2.45, 2.75) is 31.3 Å². The predicted octanol–water partition coefficient (Wildman–Crippen LogP) is 7.75. The highest BCUT2D eigenvalue weighted by molar-refractivity contribution is 6.42. The van der Waals surface area contributed by atoms with Gasteiger partial charge in [-0.15, -0.1) is 0 Å². The number of carbonyl (C=O) groups excluding carboxylic acids is 1. The third kappa shape index (κ3) is 7.53. The Bertz CT molecular complexity index is 1170. The highest BCUT2D eigenvalue weighted by Crippen LogP contribution is 2.29. The Morgan fingerprint density at radius 2 is 1.67 bits per heavy atom. The normalized spacial score (nSPS) is 15.4. The van der Waals surface area contributed by atoms with E-state index in [1.54, 1.807) is 24.3 Å². The lowest BCUT2D eigenvalue weighted by molar-refractivity contribution is 0.0936. The summed E-state index contributed by atoms with van der Waals surface area (Å²) in [5.74, 6) is 0.751. The molecule has 1 unspecified atom stereocenters. The van der Waals surface area contributed by atoms with E-state index in [9.17, 15) is 4.79 Å². The number of likely N-dealkylation sites (tertiary alicyclic amines) is 1. The molecule has 4 rings (SSSR count). The Kier molecular flexibility index (Phi) is 9.80. The number of nitrogens with zero attached hydrogens (tertiary/aromatic N) is 1. The first-order valence-corrected chi connectivity index (χ1v) is 13.5. The zero-order valence-electron chi connectivity index (χ0n) is 19.7. The lowest BCUT2D eigenvalue weighted by Crippen LogP contribution is -2.39. The number of carbonyl (C=O) groups is 1. The van der Waals surface area contributed by atoms with Gasteiger partial charge in [0.05, 0.1) is 20.6 Å². The van der Waals surface area contributed by atoms with Gasteiger partial charge < -0.3 is 15.0 Å². The Labute approximate surface area is 232 Å². The fraction of sp³-hybridized carbons (Fsp3) is 0.321. The molecule has 1 aliphatic heterocycles. The van der Waals surface area contributed by atoms with Crippen LogP contribution in [0.3, 0.4) is 0 Å². The van der Waals surface area contributed by atoms with Crippen LogP contribution in [-0.2, 0) is 0 Å². The van der Waals surface area contributed by atoms with E-state index >= 15 is 0 Å². The molecule has 0 saturated carbocycles. The Morgan fingerprint density at radius 1 is 0.917 bits per heavy atom. The molecule has 1 amide bonds. The summed E-state index contributed by atoms with van der Waals surface area (Å²) in [5, 5.41) is 4.86. The largest absolute Gasteiger partial charge is 0.490 e. The minimum absolute atomic E-state index is 0.0630. The number of benzene rings is 3. The number of hydrogen-bond donors (Lipinski definition) is 1. The molecule has 1 atom stereocenters. The molecule has 3 aromatic carbocycles. The average molecular weight is 566 g/mol. The highest BCUT2D eigenvalue weighted by atomic mass is 35.5. The maximum absolute atomic E-state index is 12.8. The summed E-state index contributed by atoms with van der Waals surface area (Å²) in [5.41, 5.74) is 1.43. The van der Waals surface area contributed by atoms with Gasteiger partial charge in [-0.1, -0.05) is 70.7 Å². The number of halogens is 4. The molecule has 0 bridgehead atoms. The fourth-order valence-electron chi connectivity index (χ4n) is 4.42. The average Bonchev–Trinajstić information content (AvgIpc) is 2.87. The molecule has 36 heavy (non-hydrogen) atoms. The third-order valence-corrected chi connectivity index (χ3v) is 7.76.